The highest BCUT2D eigenvalue weighted by Gasteiger charge is 2.42. The van der Waals surface area contributed by atoms with E-state index < -0.39 is 18.2 Å². The smallest absolute Gasteiger partial charge is 0.304 e. The molecule has 0 saturated carbocycles. The number of nitrogens with one attached hydrogen (secondary N) is 2. The Kier molecular flexibility index (Phi) is 3.79. The van der Waals surface area contributed by atoms with E-state index in [4.69, 9.17) is 4.74 Å². The van der Waals surface area contributed by atoms with Crippen molar-refractivity contribution in [3.63, 3.8) is 0 Å². The van der Waals surface area contributed by atoms with Crippen molar-refractivity contribution in [1.82, 2.24) is 10.6 Å². The van der Waals surface area contributed by atoms with Gasteiger partial charge in [-0.3, -0.25) is 14.4 Å². The van der Waals surface area contributed by atoms with Crippen LogP contribution in [0.25, 0.3) is 0 Å². The monoisotopic (exact) mass is 262 g/mol. The molecule has 6 nitrogen and oxygen atoms in total. The minimum atomic E-state index is -0.805. The second-order valence-electron chi connectivity index (χ2n) is 4.25. The molecule has 6 heteroatoms. The van der Waals surface area contributed by atoms with Crippen LogP contribution in [-0.4, -0.2) is 30.1 Å². The molecular formula is C13H14N2O4. The zero-order valence-electron chi connectivity index (χ0n) is 10.4. The molecule has 2 atom stereocenters. The first-order valence-electron chi connectivity index (χ1n) is 5.87. The number of benzene rings is 1. The minimum absolute atomic E-state index is 0.178. The van der Waals surface area contributed by atoms with Gasteiger partial charge in [-0.15, -0.1) is 0 Å². The highest BCUT2D eigenvalue weighted by Crippen LogP contribution is 2.09. The van der Waals surface area contributed by atoms with Crippen molar-refractivity contribution < 1.29 is 19.1 Å². The Hall–Kier alpha value is -2.37. The molecule has 1 aliphatic rings. The zero-order valence-corrected chi connectivity index (χ0v) is 10.4. The van der Waals surface area contributed by atoms with Gasteiger partial charge in [0.15, 0.2) is 6.04 Å². The second-order valence-corrected chi connectivity index (χ2v) is 4.25. The predicted molar refractivity (Wildman–Crippen MR) is 65.8 cm³/mol. The first kappa shape index (κ1) is 13.1. The minimum Gasteiger partial charge on any atom is -0.439 e. The molecule has 2 unspecified atom stereocenters. The lowest BCUT2D eigenvalue weighted by molar-refractivity contribution is -0.164. The molecule has 0 aliphatic carbocycles. The Morgan fingerprint density at radius 1 is 1.32 bits per heavy atom. The van der Waals surface area contributed by atoms with Crippen LogP contribution < -0.4 is 10.6 Å². The number of rotatable bonds is 4. The Balaban J connectivity index is 1.88. The van der Waals surface area contributed by atoms with Gasteiger partial charge >= 0.3 is 5.97 Å². The van der Waals surface area contributed by atoms with Gasteiger partial charge in [0.2, 0.25) is 12.1 Å². The van der Waals surface area contributed by atoms with E-state index in [1.165, 1.54) is 6.92 Å². The van der Waals surface area contributed by atoms with Crippen molar-refractivity contribution in [2.75, 3.05) is 0 Å². The van der Waals surface area contributed by atoms with E-state index in [1.54, 1.807) is 0 Å². The average Bonchev–Trinajstić information content (AvgIpc) is 2.36. The summed E-state index contributed by atoms with van der Waals surface area (Å²) >= 11 is 0. The van der Waals surface area contributed by atoms with Gasteiger partial charge in [-0.1, -0.05) is 30.3 Å². The molecule has 1 aliphatic heterocycles. The van der Waals surface area contributed by atoms with E-state index in [9.17, 15) is 14.4 Å². The van der Waals surface area contributed by atoms with Crippen LogP contribution in [-0.2, 0) is 25.5 Å². The molecule has 1 fully saturated rings. The quantitative estimate of drug-likeness (QED) is 0.578. The molecule has 0 radical (unpaired) electrons. The van der Waals surface area contributed by atoms with Crippen LogP contribution >= 0.6 is 0 Å². The summed E-state index contributed by atoms with van der Waals surface area (Å²) in [4.78, 5) is 33.8. The molecule has 2 rings (SSSR count). The van der Waals surface area contributed by atoms with Crippen LogP contribution in [0.3, 0.4) is 0 Å². The fourth-order valence-electron chi connectivity index (χ4n) is 1.78. The first-order valence-corrected chi connectivity index (χ1v) is 5.87. The average molecular weight is 262 g/mol. The number of esters is 1. The summed E-state index contributed by atoms with van der Waals surface area (Å²) in [5.74, 6) is -1.15. The third-order valence-electron chi connectivity index (χ3n) is 2.69. The van der Waals surface area contributed by atoms with Crippen LogP contribution in [0.4, 0.5) is 0 Å². The van der Waals surface area contributed by atoms with Gasteiger partial charge in [-0.25, -0.2) is 0 Å². The van der Waals surface area contributed by atoms with Gasteiger partial charge in [0.05, 0.1) is 6.42 Å². The molecule has 100 valence electrons. The van der Waals surface area contributed by atoms with E-state index in [2.05, 4.69) is 10.6 Å². The van der Waals surface area contributed by atoms with Gasteiger partial charge in [-0.2, -0.15) is 0 Å². The van der Waals surface area contributed by atoms with Crippen LogP contribution in [0.5, 0.6) is 0 Å². The Labute approximate surface area is 110 Å². The van der Waals surface area contributed by atoms with E-state index in [0.29, 0.717) is 0 Å². The molecule has 0 bridgehead atoms. The number of hydrogen-bond acceptors (Lipinski definition) is 4. The number of ether oxygens (including phenoxy) is 1. The number of hydrogen-bond donors (Lipinski definition) is 2. The maximum Gasteiger partial charge on any atom is 0.304 e. The van der Waals surface area contributed by atoms with Crippen molar-refractivity contribution in [3.05, 3.63) is 35.9 Å². The fraction of sp³-hybridized carbons (Fsp3) is 0.308. The molecule has 1 heterocycles. The lowest BCUT2D eigenvalue weighted by Crippen LogP contribution is -2.70. The van der Waals surface area contributed by atoms with Crippen molar-refractivity contribution >= 4 is 17.8 Å². The maximum absolute atomic E-state index is 11.8. The van der Waals surface area contributed by atoms with Crippen molar-refractivity contribution in [2.45, 2.75) is 25.6 Å². The normalized spacial score (nSPS) is 21.0. The van der Waals surface area contributed by atoms with E-state index in [-0.39, 0.29) is 18.2 Å². The lowest BCUT2D eigenvalue weighted by atomic mass is 10.1. The standard InChI is InChI=1S/C13H14N2O4/c1-8(16)19-13-11(12(18)15-13)14-10(17)7-9-5-3-2-4-6-9/h2-6,11,13H,7H2,1H3,(H,14,17)(H,15,18). The van der Waals surface area contributed by atoms with Gasteiger partial charge in [0.1, 0.15) is 0 Å². The van der Waals surface area contributed by atoms with Crippen molar-refractivity contribution in [1.29, 1.82) is 0 Å². The molecule has 0 aromatic heterocycles. The number of β-lactam (4-membered cyclic amide) rings is 1. The van der Waals surface area contributed by atoms with Gasteiger partial charge in [0, 0.05) is 6.92 Å². The summed E-state index contributed by atoms with van der Waals surface area (Å²) in [6.07, 6.45) is -0.595. The number of amides is 2. The molecule has 0 spiro atoms. The Morgan fingerprint density at radius 3 is 2.58 bits per heavy atom. The first-order chi connectivity index (χ1) is 9.06. The molecule has 1 saturated heterocycles. The van der Waals surface area contributed by atoms with E-state index in [1.807, 2.05) is 30.3 Å². The highest BCUT2D eigenvalue weighted by atomic mass is 16.6. The third-order valence-corrected chi connectivity index (χ3v) is 2.69. The molecule has 1 aromatic carbocycles. The van der Waals surface area contributed by atoms with Gasteiger partial charge in [0.25, 0.3) is 5.91 Å². The van der Waals surface area contributed by atoms with Crippen molar-refractivity contribution in [3.8, 4) is 0 Å². The predicted octanol–water partition coefficient (Wildman–Crippen LogP) is -0.267. The Morgan fingerprint density at radius 2 is 2.00 bits per heavy atom. The molecule has 19 heavy (non-hydrogen) atoms. The summed E-state index contributed by atoms with van der Waals surface area (Å²) in [6, 6.07) is 8.37. The maximum atomic E-state index is 11.8. The lowest BCUT2D eigenvalue weighted by Gasteiger charge is -2.35. The molecule has 2 N–H and O–H groups in total. The molecule has 1 aromatic rings. The SMILES string of the molecule is CC(=O)OC1NC(=O)C1NC(=O)Cc1ccccc1. The molecular weight excluding hydrogens is 248 g/mol. The number of carbonyl (C=O) groups is 3. The van der Waals surface area contributed by atoms with Crippen LogP contribution in [0.15, 0.2) is 30.3 Å². The topological polar surface area (TPSA) is 84.5 Å². The van der Waals surface area contributed by atoms with Crippen LogP contribution in [0, 0.1) is 0 Å². The van der Waals surface area contributed by atoms with Gasteiger partial charge in [-0.05, 0) is 5.56 Å². The van der Waals surface area contributed by atoms with Gasteiger partial charge < -0.3 is 15.4 Å². The van der Waals surface area contributed by atoms with Crippen LogP contribution in [0.2, 0.25) is 0 Å². The fourth-order valence-corrected chi connectivity index (χ4v) is 1.78. The second kappa shape index (κ2) is 5.51. The van der Waals surface area contributed by atoms with Crippen LogP contribution in [0.1, 0.15) is 12.5 Å². The Bertz CT molecular complexity index is 501. The summed E-state index contributed by atoms with van der Waals surface area (Å²) in [5.41, 5.74) is 0.851. The molecule has 2 amide bonds. The third kappa shape index (κ3) is 3.31. The number of carbonyl (C=O) groups excluding carboxylic acids is 3. The summed E-state index contributed by atoms with van der Waals surface area (Å²) in [6.45, 7) is 1.24. The summed E-state index contributed by atoms with van der Waals surface area (Å²) in [5, 5.41) is 4.94. The summed E-state index contributed by atoms with van der Waals surface area (Å²) < 4.78 is 4.83. The van der Waals surface area contributed by atoms with E-state index >= 15 is 0 Å². The zero-order chi connectivity index (χ0) is 13.8. The highest BCUT2D eigenvalue weighted by molar-refractivity contribution is 5.93. The van der Waals surface area contributed by atoms with E-state index in [0.717, 1.165) is 5.56 Å². The largest absolute Gasteiger partial charge is 0.439 e. The summed E-state index contributed by atoms with van der Waals surface area (Å²) in [7, 11) is 0. The van der Waals surface area contributed by atoms with Crippen molar-refractivity contribution in [2.24, 2.45) is 0 Å².